The Kier molecular flexibility index (Phi) is 6.86. The van der Waals surface area contributed by atoms with Gasteiger partial charge in [-0.1, -0.05) is 20.8 Å². The van der Waals surface area contributed by atoms with Gasteiger partial charge in [-0.15, -0.1) is 0 Å². The molecule has 0 unspecified atom stereocenters. The van der Waals surface area contributed by atoms with Crippen molar-refractivity contribution in [2.24, 2.45) is 0 Å². The van der Waals surface area contributed by atoms with Crippen molar-refractivity contribution in [1.82, 2.24) is 9.97 Å². The maximum Gasteiger partial charge on any atom is 0.411 e. The summed E-state index contributed by atoms with van der Waals surface area (Å²) in [5, 5.41) is 3.13. The highest BCUT2D eigenvalue weighted by Crippen LogP contribution is 2.29. The first kappa shape index (κ1) is 18.2. The zero-order chi connectivity index (χ0) is 16.0. The van der Waals surface area contributed by atoms with E-state index in [1.54, 1.807) is 0 Å². The Morgan fingerprint density at radius 2 is 1.95 bits per heavy atom. The van der Waals surface area contributed by atoms with E-state index in [9.17, 15) is 13.2 Å². The number of rotatable bonds is 7. The van der Waals surface area contributed by atoms with Crippen LogP contribution in [0.1, 0.15) is 44.6 Å². The van der Waals surface area contributed by atoms with E-state index in [2.05, 4.69) is 36.0 Å². The molecule has 0 aliphatic heterocycles. The molecule has 8 heteroatoms. The third kappa shape index (κ3) is 6.17. The SMILES string of the molecule is CCCNc1nc(COCC(F)(F)F)nc(C(C)C)c1Br. The molecule has 0 saturated heterocycles. The molecule has 1 rings (SSSR count). The van der Waals surface area contributed by atoms with E-state index in [0.29, 0.717) is 5.82 Å². The summed E-state index contributed by atoms with van der Waals surface area (Å²) in [5.74, 6) is 0.942. The molecular weight excluding hydrogens is 351 g/mol. The van der Waals surface area contributed by atoms with E-state index in [1.807, 2.05) is 20.8 Å². The fourth-order valence-corrected chi connectivity index (χ4v) is 2.35. The third-order valence-corrected chi connectivity index (χ3v) is 3.29. The first-order valence-corrected chi connectivity index (χ1v) is 7.48. The molecule has 21 heavy (non-hydrogen) atoms. The molecule has 1 N–H and O–H groups in total. The van der Waals surface area contributed by atoms with Crippen molar-refractivity contribution in [3.05, 3.63) is 16.0 Å². The number of alkyl halides is 3. The lowest BCUT2D eigenvalue weighted by molar-refractivity contribution is -0.177. The van der Waals surface area contributed by atoms with Gasteiger partial charge < -0.3 is 10.1 Å². The van der Waals surface area contributed by atoms with Crippen molar-refractivity contribution in [3.63, 3.8) is 0 Å². The van der Waals surface area contributed by atoms with E-state index < -0.39 is 12.8 Å². The number of hydrogen-bond acceptors (Lipinski definition) is 4. The largest absolute Gasteiger partial charge is 0.411 e. The van der Waals surface area contributed by atoms with Gasteiger partial charge in [-0.25, -0.2) is 9.97 Å². The van der Waals surface area contributed by atoms with E-state index in [4.69, 9.17) is 0 Å². The summed E-state index contributed by atoms with van der Waals surface area (Å²) < 4.78 is 41.6. The molecule has 0 radical (unpaired) electrons. The predicted molar refractivity (Wildman–Crippen MR) is 78.3 cm³/mol. The molecule has 0 aliphatic carbocycles. The molecule has 0 saturated carbocycles. The van der Waals surface area contributed by atoms with Gasteiger partial charge in [-0.2, -0.15) is 13.2 Å². The van der Waals surface area contributed by atoms with Crippen LogP contribution in [-0.2, 0) is 11.3 Å². The first-order valence-electron chi connectivity index (χ1n) is 6.69. The van der Waals surface area contributed by atoms with Crippen LogP contribution < -0.4 is 5.32 Å². The zero-order valence-electron chi connectivity index (χ0n) is 12.2. The molecule has 1 heterocycles. The van der Waals surface area contributed by atoms with Gasteiger partial charge in [-0.3, -0.25) is 0 Å². The lowest BCUT2D eigenvalue weighted by Crippen LogP contribution is -2.18. The van der Waals surface area contributed by atoms with Crippen molar-refractivity contribution in [3.8, 4) is 0 Å². The molecule has 0 spiro atoms. The monoisotopic (exact) mass is 369 g/mol. The Hall–Kier alpha value is -0.890. The molecule has 120 valence electrons. The fourth-order valence-electron chi connectivity index (χ4n) is 1.58. The van der Waals surface area contributed by atoms with Crippen LogP contribution in [-0.4, -0.2) is 29.3 Å². The van der Waals surface area contributed by atoms with Crippen molar-refractivity contribution in [1.29, 1.82) is 0 Å². The molecule has 0 aromatic carbocycles. The Morgan fingerprint density at radius 3 is 2.48 bits per heavy atom. The number of anilines is 1. The minimum atomic E-state index is -4.35. The summed E-state index contributed by atoms with van der Waals surface area (Å²) >= 11 is 3.44. The van der Waals surface area contributed by atoms with Gasteiger partial charge in [-0.05, 0) is 28.3 Å². The van der Waals surface area contributed by atoms with Gasteiger partial charge in [0.25, 0.3) is 0 Å². The van der Waals surface area contributed by atoms with Crippen LogP contribution in [0.2, 0.25) is 0 Å². The first-order chi connectivity index (χ1) is 9.74. The van der Waals surface area contributed by atoms with E-state index in [1.165, 1.54) is 0 Å². The van der Waals surface area contributed by atoms with Crippen molar-refractivity contribution in [2.75, 3.05) is 18.5 Å². The van der Waals surface area contributed by atoms with Crippen LogP contribution in [0.25, 0.3) is 0 Å². The highest BCUT2D eigenvalue weighted by atomic mass is 79.9. The maximum atomic E-state index is 12.1. The number of ether oxygens (including phenoxy) is 1. The van der Waals surface area contributed by atoms with Crippen LogP contribution in [0, 0.1) is 0 Å². The second kappa shape index (κ2) is 7.93. The number of hydrogen-bond donors (Lipinski definition) is 1. The van der Waals surface area contributed by atoms with E-state index >= 15 is 0 Å². The average Bonchev–Trinajstić information content (AvgIpc) is 2.37. The van der Waals surface area contributed by atoms with Crippen LogP contribution in [0.15, 0.2) is 4.47 Å². The normalized spacial score (nSPS) is 12.0. The van der Waals surface area contributed by atoms with Crippen LogP contribution in [0.4, 0.5) is 19.0 Å². The van der Waals surface area contributed by atoms with Crippen molar-refractivity contribution >= 4 is 21.7 Å². The Bertz CT molecular complexity index is 467. The molecule has 0 amide bonds. The number of nitrogens with zero attached hydrogens (tertiary/aromatic N) is 2. The Labute approximate surface area is 130 Å². The van der Waals surface area contributed by atoms with Crippen LogP contribution in [0.5, 0.6) is 0 Å². The van der Waals surface area contributed by atoms with Gasteiger partial charge in [0.15, 0.2) is 5.82 Å². The second-order valence-corrected chi connectivity index (χ2v) is 5.67. The summed E-state index contributed by atoms with van der Waals surface area (Å²) in [7, 11) is 0. The lowest BCUT2D eigenvalue weighted by atomic mass is 10.1. The number of halogens is 4. The molecule has 4 nitrogen and oxygen atoms in total. The average molecular weight is 370 g/mol. The van der Waals surface area contributed by atoms with Gasteiger partial charge in [0.2, 0.25) is 0 Å². The number of nitrogens with one attached hydrogen (secondary N) is 1. The minimum absolute atomic E-state index is 0.117. The van der Waals surface area contributed by atoms with Crippen molar-refractivity contribution in [2.45, 2.75) is 45.9 Å². The quantitative estimate of drug-likeness (QED) is 0.779. The fraction of sp³-hybridized carbons (Fsp3) is 0.692. The predicted octanol–water partition coefficient (Wildman–Crippen LogP) is 4.26. The maximum absolute atomic E-state index is 12.1. The van der Waals surface area contributed by atoms with Gasteiger partial charge in [0.1, 0.15) is 19.0 Å². The third-order valence-electron chi connectivity index (χ3n) is 2.51. The summed E-state index contributed by atoms with van der Waals surface area (Å²) in [5.41, 5.74) is 0.745. The lowest BCUT2D eigenvalue weighted by Gasteiger charge is -2.15. The molecule has 0 aliphatic rings. The molecule has 0 fully saturated rings. The van der Waals surface area contributed by atoms with E-state index in [-0.39, 0.29) is 18.3 Å². The molecule has 0 atom stereocenters. The number of aromatic nitrogens is 2. The molecule has 0 bridgehead atoms. The topological polar surface area (TPSA) is 47.0 Å². The van der Waals surface area contributed by atoms with Gasteiger partial charge in [0.05, 0.1) is 10.2 Å². The highest BCUT2D eigenvalue weighted by Gasteiger charge is 2.27. The van der Waals surface area contributed by atoms with E-state index in [0.717, 1.165) is 23.1 Å². The molecule has 1 aromatic heterocycles. The second-order valence-electron chi connectivity index (χ2n) is 4.88. The standard InChI is InChI=1S/C13H19BrF3N3O/c1-4-5-18-12-10(14)11(8(2)3)19-9(20-12)6-21-7-13(15,16)17/h8H,4-7H2,1-3H3,(H,18,19,20). The minimum Gasteiger partial charge on any atom is -0.369 e. The molecule has 1 aromatic rings. The zero-order valence-corrected chi connectivity index (χ0v) is 13.8. The Balaban J connectivity index is 2.90. The van der Waals surface area contributed by atoms with Crippen LogP contribution >= 0.6 is 15.9 Å². The van der Waals surface area contributed by atoms with Gasteiger partial charge in [0, 0.05) is 6.54 Å². The summed E-state index contributed by atoms with van der Waals surface area (Å²) in [6.07, 6.45) is -3.44. The van der Waals surface area contributed by atoms with Crippen LogP contribution in [0.3, 0.4) is 0 Å². The summed E-state index contributed by atoms with van der Waals surface area (Å²) in [6, 6.07) is 0. The summed E-state index contributed by atoms with van der Waals surface area (Å²) in [4.78, 5) is 8.48. The van der Waals surface area contributed by atoms with Crippen molar-refractivity contribution < 1.29 is 17.9 Å². The molecular formula is C13H19BrF3N3O. The van der Waals surface area contributed by atoms with Gasteiger partial charge >= 0.3 is 6.18 Å². The smallest absolute Gasteiger partial charge is 0.369 e. The Morgan fingerprint density at radius 1 is 1.29 bits per heavy atom. The summed E-state index contributed by atoms with van der Waals surface area (Å²) in [6.45, 7) is 5.07. The highest BCUT2D eigenvalue weighted by molar-refractivity contribution is 9.10.